The van der Waals surface area contributed by atoms with Crippen molar-refractivity contribution in [2.45, 2.75) is 6.92 Å². The van der Waals surface area contributed by atoms with Crippen molar-refractivity contribution < 1.29 is 4.84 Å². The third-order valence-corrected chi connectivity index (χ3v) is 1.90. The Morgan fingerprint density at radius 1 is 1.14 bits per heavy atom. The highest BCUT2D eigenvalue weighted by Gasteiger charge is 1.98. The number of fused-ring (bicyclic) bond motifs is 1. The average molecular weight is 189 g/mol. The van der Waals surface area contributed by atoms with Gasteiger partial charge in [0.05, 0.1) is 7.11 Å². The van der Waals surface area contributed by atoms with Crippen LogP contribution in [0.15, 0.2) is 24.3 Å². The van der Waals surface area contributed by atoms with E-state index in [1.54, 1.807) is 7.11 Å². The molecule has 0 aliphatic rings. The van der Waals surface area contributed by atoms with E-state index in [4.69, 9.17) is 4.84 Å². The molecule has 0 amide bonds. The van der Waals surface area contributed by atoms with Crippen LogP contribution in [0.1, 0.15) is 5.69 Å². The average Bonchev–Trinajstić information content (AvgIpc) is 2.17. The van der Waals surface area contributed by atoms with Crippen LogP contribution in [0.3, 0.4) is 0 Å². The molecule has 0 radical (unpaired) electrons. The minimum atomic E-state index is 0.665. The highest BCUT2D eigenvalue weighted by atomic mass is 16.6. The van der Waals surface area contributed by atoms with Gasteiger partial charge in [0, 0.05) is 11.1 Å². The lowest BCUT2D eigenvalue weighted by Crippen LogP contribution is -1.98. The fourth-order valence-corrected chi connectivity index (χ4v) is 1.25. The van der Waals surface area contributed by atoms with Gasteiger partial charge in [-0.3, -0.25) is 4.84 Å². The highest BCUT2D eigenvalue weighted by molar-refractivity contribution is 5.76. The first kappa shape index (κ1) is 8.90. The van der Waals surface area contributed by atoms with E-state index in [-0.39, 0.29) is 0 Å². The summed E-state index contributed by atoms with van der Waals surface area (Å²) < 4.78 is 0. The van der Waals surface area contributed by atoms with Gasteiger partial charge in [-0.2, -0.15) is 0 Å². The zero-order chi connectivity index (χ0) is 9.97. The second kappa shape index (κ2) is 3.59. The third-order valence-electron chi connectivity index (χ3n) is 1.90. The van der Waals surface area contributed by atoms with Crippen LogP contribution in [0.4, 0.5) is 5.82 Å². The first-order chi connectivity index (χ1) is 6.79. The van der Waals surface area contributed by atoms with Crippen molar-refractivity contribution in [2.75, 3.05) is 12.6 Å². The summed E-state index contributed by atoms with van der Waals surface area (Å²) in [4.78, 5) is 13.4. The molecule has 1 N–H and O–H groups in total. The van der Waals surface area contributed by atoms with E-state index >= 15 is 0 Å². The van der Waals surface area contributed by atoms with Gasteiger partial charge >= 0.3 is 0 Å². The Morgan fingerprint density at radius 2 is 1.93 bits per heavy atom. The summed E-state index contributed by atoms with van der Waals surface area (Å²) in [6.45, 7) is 1.94. The van der Waals surface area contributed by atoms with Crippen molar-refractivity contribution in [2.24, 2.45) is 0 Å². The van der Waals surface area contributed by atoms with Crippen LogP contribution < -0.4 is 5.48 Å². The molecule has 0 bridgehead atoms. The lowest BCUT2D eigenvalue weighted by Gasteiger charge is -2.03. The molecule has 2 heterocycles. The van der Waals surface area contributed by atoms with Gasteiger partial charge in [0.2, 0.25) is 0 Å². The Bertz CT molecular complexity index is 456. The molecule has 4 nitrogen and oxygen atoms in total. The monoisotopic (exact) mass is 189 g/mol. The van der Waals surface area contributed by atoms with Crippen LogP contribution >= 0.6 is 0 Å². The maximum atomic E-state index is 4.77. The molecule has 0 unspecified atom stereocenters. The summed E-state index contributed by atoms with van der Waals surface area (Å²) in [5, 5.41) is 1.03. The number of aryl methyl sites for hydroxylation is 1. The van der Waals surface area contributed by atoms with Gasteiger partial charge in [-0.05, 0) is 31.2 Å². The first-order valence-electron chi connectivity index (χ1n) is 4.33. The second-order valence-corrected chi connectivity index (χ2v) is 3.00. The molecule has 2 aromatic heterocycles. The number of rotatable bonds is 2. The van der Waals surface area contributed by atoms with E-state index in [0.29, 0.717) is 5.82 Å². The van der Waals surface area contributed by atoms with E-state index < -0.39 is 0 Å². The number of pyridine rings is 2. The van der Waals surface area contributed by atoms with Gasteiger partial charge in [-0.1, -0.05) is 0 Å². The number of hydrogen-bond donors (Lipinski definition) is 1. The molecule has 0 saturated heterocycles. The van der Waals surface area contributed by atoms with E-state index in [1.807, 2.05) is 31.2 Å². The van der Waals surface area contributed by atoms with Gasteiger partial charge in [-0.25, -0.2) is 15.4 Å². The lowest BCUT2D eigenvalue weighted by molar-refractivity contribution is 0.269. The molecular weight excluding hydrogens is 178 g/mol. The Kier molecular flexibility index (Phi) is 2.28. The SMILES string of the molecule is CONc1ccc2ccc(C)nc2n1. The van der Waals surface area contributed by atoms with E-state index in [2.05, 4.69) is 15.4 Å². The fraction of sp³-hybridized carbons (Fsp3) is 0.200. The second-order valence-electron chi connectivity index (χ2n) is 3.00. The Hall–Kier alpha value is -1.68. The zero-order valence-corrected chi connectivity index (χ0v) is 8.11. The predicted molar refractivity (Wildman–Crippen MR) is 54.9 cm³/mol. The fourth-order valence-electron chi connectivity index (χ4n) is 1.25. The van der Waals surface area contributed by atoms with E-state index in [9.17, 15) is 0 Å². The molecule has 0 fully saturated rings. The summed E-state index contributed by atoms with van der Waals surface area (Å²) >= 11 is 0. The van der Waals surface area contributed by atoms with Gasteiger partial charge < -0.3 is 0 Å². The minimum absolute atomic E-state index is 0.665. The van der Waals surface area contributed by atoms with Gasteiger partial charge in [-0.15, -0.1) is 0 Å². The molecule has 0 spiro atoms. The topological polar surface area (TPSA) is 47.0 Å². The number of nitrogens with zero attached hydrogens (tertiary/aromatic N) is 2. The summed E-state index contributed by atoms with van der Waals surface area (Å²) in [5.74, 6) is 0.665. The summed E-state index contributed by atoms with van der Waals surface area (Å²) in [5.41, 5.74) is 4.35. The molecule has 0 aromatic carbocycles. The summed E-state index contributed by atoms with van der Waals surface area (Å²) in [6.07, 6.45) is 0. The van der Waals surface area contributed by atoms with Gasteiger partial charge in [0.15, 0.2) is 11.5 Å². The molecule has 0 atom stereocenters. The molecule has 0 saturated carbocycles. The molecule has 0 aliphatic carbocycles. The third kappa shape index (κ3) is 1.65. The Labute approximate surface area is 81.9 Å². The summed E-state index contributed by atoms with van der Waals surface area (Å²) in [7, 11) is 1.55. The quantitative estimate of drug-likeness (QED) is 0.733. The molecule has 2 rings (SSSR count). The largest absolute Gasteiger partial charge is 0.278 e. The lowest BCUT2D eigenvalue weighted by atomic mass is 10.2. The van der Waals surface area contributed by atoms with Gasteiger partial charge in [0.1, 0.15) is 0 Å². The van der Waals surface area contributed by atoms with E-state index in [0.717, 1.165) is 16.7 Å². The normalized spacial score (nSPS) is 10.4. The highest BCUT2D eigenvalue weighted by Crippen LogP contribution is 2.13. The van der Waals surface area contributed by atoms with Crippen molar-refractivity contribution in [1.82, 2.24) is 9.97 Å². The predicted octanol–water partition coefficient (Wildman–Crippen LogP) is 1.91. The van der Waals surface area contributed by atoms with E-state index in [1.165, 1.54) is 0 Å². The molecular formula is C10H11N3O. The van der Waals surface area contributed by atoms with Crippen LogP contribution in [0, 0.1) is 6.92 Å². The van der Waals surface area contributed by atoms with Crippen molar-refractivity contribution in [1.29, 1.82) is 0 Å². The van der Waals surface area contributed by atoms with Crippen LogP contribution in [-0.2, 0) is 4.84 Å². The van der Waals surface area contributed by atoms with Crippen molar-refractivity contribution in [3.63, 3.8) is 0 Å². The van der Waals surface area contributed by atoms with Crippen molar-refractivity contribution in [3.05, 3.63) is 30.0 Å². The molecule has 0 aliphatic heterocycles. The Balaban J connectivity index is 2.52. The Morgan fingerprint density at radius 3 is 2.71 bits per heavy atom. The molecule has 4 heteroatoms. The van der Waals surface area contributed by atoms with Crippen molar-refractivity contribution in [3.8, 4) is 0 Å². The number of nitrogens with one attached hydrogen (secondary N) is 1. The molecule has 14 heavy (non-hydrogen) atoms. The number of hydrogen-bond acceptors (Lipinski definition) is 4. The van der Waals surface area contributed by atoms with Crippen LogP contribution in [-0.4, -0.2) is 17.1 Å². The molecule has 2 aromatic rings. The molecule has 72 valence electrons. The zero-order valence-electron chi connectivity index (χ0n) is 8.11. The van der Waals surface area contributed by atoms with Crippen LogP contribution in [0.5, 0.6) is 0 Å². The van der Waals surface area contributed by atoms with Crippen LogP contribution in [0.2, 0.25) is 0 Å². The van der Waals surface area contributed by atoms with Gasteiger partial charge in [0.25, 0.3) is 0 Å². The number of anilines is 1. The van der Waals surface area contributed by atoms with Crippen molar-refractivity contribution >= 4 is 16.9 Å². The maximum absolute atomic E-state index is 4.77. The summed E-state index contributed by atoms with van der Waals surface area (Å²) in [6, 6.07) is 7.77. The first-order valence-corrected chi connectivity index (χ1v) is 4.33. The minimum Gasteiger partial charge on any atom is -0.278 e. The maximum Gasteiger partial charge on any atom is 0.161 e. The number of aromatic nitrogens is 2. The standard InChI is InChI=1S/C10H11N3O/c1-7-3-4-8-5-6-9(13-14-2)12-10(8)11-7/h3-6H,1-2H3,(H,11,12,13). The van der Waals surface area contributed by atoms with Crippen LogP contribution in [0.25, 0.3) is 11.0 Å². The smallest absolute Gasteiger partial charge is 0.161 e.